The second-order valence-electron chi connectivity index (χ2n) is 8.31. The number of amides is 3. The Labute approximate surface area is 176 Å². The first kappa shape index (κ1) is 20.1. The molecule has 1 aliphatic heterocycles. The summed E-state index contributed by atoms with van der Waals surface area (Å²) in [5.74, 6) is -0.298. The molecule has 0 radical (unpaired) electrons. The summed E-state index contributed by atoms with van der Waals surface area (Å²) in [6.45, 7) is 4.78. The van der Waals surface area contributed by atoms with Gasteiger partial charge >= 0.3 is 0 Å². The molecule has 4 rings (SSSR count). The van der Waals surface area contributed by atoms with Gasteiger partial charge in [0.2, 0.25) is 17.7 Å². The second kappa shape index (κ2) is 8.30. The van der Waals surface area contributed by atoms with E-state index in [1.165, 1.54) is 0 Å². The Kier molecular flexibility index (Phi) is 5.57. The number of hydrogen-bond donors (Lipinski definition) is 2. The van der Waals surface area contributed by atoms with E-state index in [2.05, 4.69) is 10.6 Å². The molecule has 1 unspecified atom stereocenters. The van der Waals surface area contributed by atoms with Crippen LogP contribution in [0.3, 0.4) is 0 Å². The molecule has 1 saturated carbocycles. The van der Waals surface area contributed by atoms with E-state index in [0.29, 0.717) is 13.1 Å². The van der Waals surface area contributed by atoms with Crippen molar-refractivity contribution in [1.29, 1.82) is 0 Å². The van der Waals surface area contributed by atoms with Gasteiger partial charge in [-0.25, -0.2) is 0 Å². The van der Waals surface area contributed by atoms with Crippen molar-refractivity contribution in [3.8, 4) is 0 Å². The van der Waals surface area contributed by atoms with Gasteiger partial charge in [0, 0.05) is 36.8 Å². The van der Waals surface area contributed by atoms with Gasteiger partial charge in [0.1, 0.15) is 0 Å². The molecule has 3 amide bonds. The molecule has 2 aliphatic rings. The summed E-state index contributed by atoms with van der Waals surface area (Å²) in [5.41, 5.74) is 4.73. The van der Waals surface area contributed by atoms with E-state index in [1.54, 1.807) is 4.90 Å². The molecule has 0 bridgehead atoms. The maximum absolute atomic E-state index is 12.7. The summed E-state index contributed by atoms with van der Waals surface area (Å²) >= 11 is 0. The van der Waals surface area contributed by atoms with Gasteiger partial charge in [-0.3, -0.25) is 14.4 Å². The van der Waals surface area contributed by atoms with Crippen LogP contribution in [0.15, 0.2) is 42.5 Å². The number of nitrogens with zero attached hydrogens (tertiary/aromatic N) is 1. The number of carbonyl (C=O) groups excluding carboxylic acids is 3. The van der Waals surface area contributed by atoms with E-state index in [4.69, 9.17) is 0 Å². The predicted molar refractivity (Wildman–Crippen MR) is 116 cm³/mol. The van der Waals surface area contributed by atoms with Crippen LogP contribution >= 0.6 is 0 Å². The predicted octanol–water partition coefficient (Wildman–Crippen LogP) is 3.32. The van der Waals surface area contributed by atoms with Crippen molar-refractivity contribution in [3.63, 3.8) is 0 Å². The minimum atomic E-state index is -0.366. The molecule has 1 heterocycles. The number of nitrogens with one attached hydrogen (secondary N) is 2. The lowest BCUT2D eigenvalue weighted by atomic mass is 10.1. The molecule has 2 aromatic carbocycles. The topological polar surface area (TPSA) is 78.5 Å². The third-order valence-corrected chi connectivity index (χ3v) is 5.97. The van der Waals surface area contributed by atoms with Crippen LogP contribution in [-0.2, 0) is 20.9 Å². The Morgan fingerprint density at radius 1 is 1.03 bits per heavy atom. The van der Waals surface area contributed by atoms with Crippen LogP contribution in [0, 0.1) is 25.7 Å². The van der Waals surface area contributed by atoms with Crippen molar-refractivity contribution in [2.45, 2.75) is 39.7 Å². The minimum absolute atomic E-state index is 0.0198. The Bertz CT molecular complexity index is 997. The van der Waals surface area contributed by atoms with Crippen LogP contribution in [0.2, 0.25) is 0 Å². The molecule has 156 valence electrons. The number of carbonyl (C=O) groups is 3. The molecule has 1 atom stereocenters. The van der Waals surface area contributed by atoms with Crippen LogP contribution in [0.4, 0.5) is 11.4 Å². The first-order valence-corrected chi connectivity index (χ1v) is 10.5. The Morgan fingerprint density at radius 2 is 1.80 bits per heavy atom. The van der Waals surface area contributed by atoms with Crippen molar-refractivity contribution in [1.82, 2.24) is 5.32 Å². The van der Waals surface area contributed by atoms with Crippen molar-refractivity contribution in [2.24, 2.45) is 11.8 Å². The quantitative estimate of drug-likeness (QED) is 0.774. The lowest BCUT2D eigenvalue weighted by molar-refractivity contribution is -0.126. The third kappa shape index (κ3) is 4.37. The summed E-state index contributed by atoms with van der Waals surface area (Å²) in [6, 6.07) is 13.4. The summed E-state index contributed by atoms with van der Waals surface area (Å²) in [7, 11) is 0. The van der Waals surface area contributed by atoms with E-state index < -0.39 is 0 Å². The highest BCUT2D eigenvalue weighted by Crippen LogP contribution is 2.31. The summed E-state index contributed by atoms with van der Waals surface area (Å²) in [5, 5.41) is 5.87. The molecular weight excluding hydrogens is 378 g/mol. The van der Waals surface area contributed by atoms with Gasteiger partial charge in [0.15, 0.2) is 0 Å². The Balaban J connectivity index is 1.35. The Morgan fingerprint density at radius 3 is 2.57 bits per heavy atom. The fraction of sp³-hybridized carbons (Fsp3) is 0.375. The van der Waals surface area contributed by atoms with Gasteiger partial charge in [0.25, 0.3) is 0 Å². The van der Waals surface area contributed by atoms with Gasteiger partial charge in [-0.2, -0.15) is 0 Å². The molecule has 2 N–H and O–H groups in total. The number of benzene rings is 2. The highest BCUT2D eigenvalue weighted by atomic mass is 16.2. The van der Waals surface area contributed by atoms with Gasteiger partial charge in [0.05, 0.1) is 5.92 Å². The maximum atomic E-state index is 12.7. The zero-order valence-corrected chi connectivity index (χ0v) is 17.4. The molecule has 6 heteroatoms. The first-order valence-electron chi connectivity index (χ1n) is 10.5. The fourth-order valence-electron chi connectivity index (χ4n) is 3.83. The molecule has 0 spiro atoms. The summed E-state index contributed by atoms with van der Waals surface area (Å²) < 4.78 is 0. The largest absolute Gasteiger partial charge is 0.352 e. The molecule has 2 aromatic rings. The number of rotatable bonds is 6. The zero-order valence-electron chi connectivity index (χ0n) is 17.4. The van der Waals surface area contributed by atoms with Gasteiger partial charge in [-0.1, -0.05) is 24.3 Å². The van der Waals surface area contributed by atoms with E-state index >= 15 is 0 Å². The first-order chi connectivity index (χ1) is 14.4. The SMILES string of the molecule is Cc1cccc(N2CC(C(=O)NCc3cccc(NC(=O)C4CC4)c3)CC2=O)c1C. The van der Waals surface area contributed by atoms with Crippen LogP contribution in [0.5, 0.6) is 0 Å². The van der Waals surface area contributed by atoms with Crippen LogP contribution in [0.1, 0.15) is 36.0 Å². The smallest absolute Gasteiger partial charge is 0.227 e. The van der Waals surface area contributed by atoms with Crippen molar-refractivity contribution >= 4 is 29.1 Å². The molecule has 1 aliphatic carbocycles. The Hall–Kier alpha value is -3.15. The molecule has 0 aromatic heterocycles. The van der Waals surface area contributed by atoms with Crippen molar-refractivity contribution in [3.05, 3.63) is 59.2 Å². The third-order valence-electron chi connectivity index (χ3n) is 5.97. The fourth-order valence-corrected chi connectivity index (χ4v) is 3.83. The second-order valence-corrected chi connectivity index (χ2v) is 8.31. The summed E-state index contributed by atoms with van der Waals surface area (Å²) in [4.78, 5) is 38.9. The molecule has 6 nitrogen and oxygen atoms in total. The average Bonchev–Trinajstić information content (AvgIpc) is 3.51. The summed E-state index contributed by atoms with van der Waals surface area (Å²) in [6.07, 6.45) is 2.14. The number of hydrogen-bond acceptors (Lipinski definition) is 3. The van der Waals surface area contributed by atoms with Crippen molar-refractivity contribution in [2.75, 3.05) is 16.8 Å². The van der Waals surface area contributed by atoms with Crippen LogP contribution < -0.4 is 15.5 Å². The van der Waals surface area contributed by atoms with Crippen LogP contribution in [0.25, 0.3) is 0 Å². The minimum Gasteiger partial charge on any atom is -0.352 e. The van der Waals surface area contributed by atoms with E-state index in [-0.39, 0.29) is 36.0 Å². The highest BCUT2D eigenvalue weighted by molar-refractivity contribution is 6.01. The molecular formula is C24H27N3O3. The lowest BCUT2D eigenvalue weighted by Crippen LogP contribution is -2.32. The lowest BCUT2D eigenvalue weighted by Gasteiger charge is -2.20. The van der Waals surface area contributed by atoms with Crippen LogP contribution in [-0.4, -0.2) is 24.3 Å². The van der Waals surface area contributed by atoms with Gasteiger partial charge in [-0.05, 0) is 61.6 Å². The van der Waals surface area contributed by atoms with Gasteiger partial charge in [-0.15, -0.1) is 0 Å². The maximum Gasteiger partial charge on any atom is 0.227 e. The zero-order chi connectivity index (χ0) is 21.3. The number of anilines is 2. The monoisotopic (exact) mass is 405 g/mol. The number of aryl methyl sites for hydroxylation is 1. The molecule has 30 heavy (non-hydrogen) atoms. The molecule has 2 fully saturated rings. The van der Waals surface area contributed by atoms with Crippen molar-refractivity contribution < 1.29 is 14.4 Å². The standard InChI is InChI=1S/C24H27N3O3/c1-15-5-3-8-21(16(15)2)27-14-19(12-22(27)28)23(29)25-13-17-6-4-7-20(11-17)26-24(30)18-9-10-18/h3-8,11,18-19H,9-10,12-14H2,1-2H3,(H,25,29)(H,26,30). The van der Waals surface area contributed by atoms with E-state index in [0.717, 1.165) is 40.9 Å². The highest BCUT2D eigenvalue weighted by Gasteiger charge is 2.35. The van der Waals surface area contributed by atoms with E-state index in [1.807, 2.05) is 56.3 Å². The molecule has 1 saturated heterocycles. The normalized spacial score (nSPS) is 18.4. The average molecular weight is 405 g/mol. The van der Waals surface area contributed by atoms with Gasteiger partial charge < -0.3 is 15.5 Å². The van der Waals surface area contributed by atoms with E-state index in [9.17, 15) is 14.4 Å².